The molecule has 24 heavy (non-hydrogen) atoms. The van der Waals surface area contributed by atoms with Gasteiger partial charge in [0.2, 0.25) is 0 Å². The summed E-state index contributed by atoms with van der Waals surface area (Å²) in [6.45, 7) is 11.0. The van der Waals surface area contributed by atoms with E-state index in [1.807, 2.05) is 19.9 Å². The Bertz CT molecular complexity index is 541. The summed E-state index contributed by atoms with van der Waals surface area (Å²) >= 11 is 0. The molecule has 4 atom stereocenters. The Balaban J connectivity index is 2.25. The van der Waals surface area contributed by atoms with Crippen molar-refractivity contribution in [3.63, 3.8) is 0 Å². The fraction of sp³-hybridized carbons (Fsp3) is 0.762. The van der Waals surface area contributed by atoms with Crippen molar-refractivity contribution in [1.29, 1.82) is 0 Å². The van der Waals surface area contributed by atoms with Gasteiger partial charge in [0.1, 0.15) is 0 Å². The minimum atomic E-state index is -0.787. The maximum atomic E-state index is 11.4. The molecule has 0 aromatic rings. The lowest BCUT2D eigenvalue weighted by Gasteiger charge is -2.58. The second-order valence-corrected chi connectivity index (χ2v) is 9.02. The molecule has 2 aliphatic rings. The Morgan fingerprint density at radius 1 is 1.29 bits per heavy atom. The van der Waals surface area contributed by atoms with Crippen molar-refractivity contribution >= 4 is 5.97 Å². The van der Waals surface area contributed by atoms with E-state index in [0.717, 1.165) is 24.8 Å². The number of rotatable bonds is 4. The maximum Gasteiger partial charge on any atom is 0.330 e. The van der Waals surface area contributed by atoms with Crippen molar-refractivity contribution in [2.24, 2.45) is 22.7 Å². The van der Waals surface area contributed by atoms with E-state index in [0.29, 0.717) is 5.92 Å². The number of aliphatic hydroxyl groups is 1. The number of carbonyl (C=O) groups excluding carboxylic acids is 1. The highest BCUT2D eigenvalue weighted by molar-refractivity contribution is 5.82. The molecule has 136 valence electrons. The van der Waals surface area contributed by atoms with Crippen molar-refractivity contribution in [1.82, 2.24) is 0 Å². The first-order valence-electron chi connectivity index (χ1n) is 9.20. The molecule has 0 aromatic heterocycles. The molecule has 2 rings (SSSR count). The lowest BCUT2D eigenvalue weighted by atomic mass is 9.47. The van der Waals surface area contributed by atoms with Gasteiger partial charge in [0, 0.05) is 6.08 Å². The molecule has 4 unspecified atom stereocenters. The molecule has 0 radical (unpaired) electrons. The summed E-state index contributed by atoms with van der Waals surface area (Å²) in [4.78, 5) is 11.4. The monoisotopic (exact) mass is 334 g/mol. The molecule has 0 aliphatic heterocycles. The first-order valence-corrected chi connectivity index (χ1v) is 9.20. The zero-order chi connectivity index (χ0) is 18.2. The first kappa shape index (κ1) is 19.2. The summed E-state index contributed by atoms with van der Waals surface area (Å²) in [6, 6.07) is 0. The van der Waals surface area contributed by atoms with Crippen LogP contribution in [-0.2, 0) is 9.53 Å². The van der Waals surface area contributed by atoms with Gasteiger partial charge in [-0.2, -0.15) is 0 Å². The molecule has 1 N–H and O–H groups in total. The lowest BCUT2D eigenvalue weighted by molar-refractivity contribution is -0.134. The van der Waals surface area contributed by atoms with Crippen LogP contribution in [0, 0.1) is 22.7 Å². The molecule has 3 nitrogen and oxygen atoms in total. The number of esters is 1. The average molecular weight is 335 g/mol. The van der Waals surface area contributed by atoms with Crippen LogP contribution in [0.15, 0.2) is 23.8 Å². The largest absolute Gasteiger partial charge is 0.466 e. The number of hydrogen-bond acceptors (Lipinski definition) is 3. The Labute approximate surface area is 147 Å². The van der Waals surface area contributed by atoms with Gasteiger partial charge < -0.3 is 9.84 Å². The molecule has 0 saturated heterocycles. The van der Waals surface area contributed by atoms with Crippen molar-refractivity contribution in [3.05, 3.63) is 23.8 Å². The summed E-state index contributed by atoms with van der Waals surface area (Å²) in [7, 11) is 1.40. The van der Waals surface area contributed by atoms with Gasteiger partial charge in [-0.1, -0.05) is 44.9 Å². The Kier molecular flexibility index (Phi) is 5.34. The second kappa shape index (κ2) is 6.67. The number of carbonyl (C=O) groups is 1. The molecule has 0 amide bonds. The molecule has 0 bridgehead atoms. The number of fused-ring (bicyclic) bond motifs is 1. The number of hydrogen-bond donors (Lipinski definition) is 1. The Hall–Kier alpha value is -1.09. The zero-order valence-electron chi connectivity index (χ0n) is 16.2. The third-order valence-corrected chi connectivity index (χ3v) is 6.61. The van der Waals surface area contributed by atoms with E-state index in [-0.39, 0.29) is 22.7 Å². The normalized spacial score (nSPS) is 38.5. The molecule has 2 aliphatic carbocycles. The number of allylic oxidation sites excluding steroid dienone is 2. The quantitative estimate of drug-likeness (QED) is 0.462. The van der Waals surface area contributed by atoms with Crippen LogP contribution in [0.4, 0.5) is 0 Å². The Morgan fingerprint density at radius 3 is 2.58 bits per heavy atom. The highest BCUT2D eigenvalue weighted by Crippen LogP contribution is 2.60. The molecule has 0 spiro atoms. The topological polar surface area (TPSA) is 46.5 Å². The van der Waals surface area contributed by atoms with E-state index in [2.05, 4.69) is 26.8 Å². The van der Waals surface area contributed by atoms with E-state index in [4.69, 9.17) is 4.74 Å². The highest BCUT2D eigenvalue weighted by atomic mass is 16.5. The zero-order valence-corrected chi connectivity index (χ0v) is 16.2. The van der Waals surface area contributed by atoms with Crippen molar-refractivity contribution in [3.8, 4) is 0 Å². The van der Waals surface area contributed by atoms with E-state index in [1.54, 1.807) is 6.08 Å². The molecule has 1 fully saturated rings. The number of methoxy groups -OCH3 is 1. The second-order valence-electron chi connectivity index (χ2n) is 9.02. The van der Waals surface area contributed by atoms with Gasteiger partial charge in [-0.05, 0) is 62.2 Å². The van der Waals surface area contributed by atoms with Gasteiger partial charge in [0.05, 0.1) is 12.7 Å². The van der Waals surface area contributed by atoms with E-state index >= 15 is 0 Å². The standard InChI is InChI=1S/C21H34O3/c1-15(14-18(22)24-6)8-9-17-20(4)12-7-11-19(2,3)16(20)10-13-21(17,5)23/h10,13-14,16-17,23H,7-9,11-12H2,1-6H3. The fourth-order valence-electron chi connectivity index (χ4n) is 5.40. The third-order valence-electron chi connectivity index (χ3n) is 6.61. The summed E-state index contributed by atoms with van der Waals surface area (Å²) in [6.07, 6.45) is 11.2. The van der Waals surface area contributed by atoms with Crippen molar-refractivity contribution in [2.45, 2.75) is 72.3 Å². The van der Waals surface area contributed by atoms with E-state index < -0.39 is 5.60 Å². The predicted octanol–water partition coefficient (Wildman–Crippen LogP) is 4.66. The summed E-state index contributed by atoms with van der Waals surface area (Å²) in [5, 5.41) is 11.1. The molecular weight excluding hydrogens is 300 g/mol. The van der Waals surface area contributed by atoms with Crippen molar-refractivity contribution in [2.75, 3.05) is 7.11 Å². The lowest BCUT2D eigenvalue weighted by Crippen LogP contribution is -2.55. The highest BCUT2D eigenvalue weighted by Gasteiger charge is 2.55. The van der Waals surface area contributed by atoms with Gasteiger partial charge in [-0.15, -0.1) is 0 Å². The van der Waals surface area contributed by atoms with Gasteiger partial charge in [0.15, 0.2) is 0 Å². The van der Waals surface area contributed by atoms with Crippen LogP contribution >= 0.6 is 0 Å². The summed E-state index contributed by atoms with van der Waals surface area (Å²) in [5.41, 5.74) is 0.604. The molecule has 3 heteroatoms. The minimum absolute atomic E-state index is 0.103. The van der Waals surface area contributed by atoms with Gasteiger partial charge >= 0.3 is 5.97 Å². The van der Waals surface area contributed by atoms with Gasteiger partial charge in [-0.3, -0.25) is 0 Å². The minimum Gasteiger partial charge on any atom is -0.466 e. The van der Waals surface area contributed by atoms with Crippen LogP contribution in [0.2, 0.25) is 0 Å². The SMILES string of the molecule is COC(=O)C=C(C)CCC1C(C)(O)C=CC2C(C)(C)CCCC12C. The molecule has 0 heterocycles. The smallest absolute Gasteiger partial charge is 0.330 e. The summed E-state index contributed by atoms with van der Waals surface area (Å²) < 4.78 is 4.71. The summed E-state index contributed by atoms with van der Waals surface area (Å²) in [5.74, 6) is 0.389. The third kappa shape index (κ3) is 3.61. The number of ether oxygens (including phenoxy) is 1. The van der Waals surface area contributed by atoms with Crippen LogP contribution in [0.1, 0.15) is 66.7 Å². The van der Waals surface area contributed by atoms with Crippen molar-refractivity contribution < 1.29 is 14.6 Å². The average Bonchev–Trinajstić information content (AvgIpc) is 2.44. The first-order chi connectivity index (χ1) is 11.0. The fourth-order valence-corrected chi connectivity index (χ4v) is 5.40. The maximum absolute atomic E-state index is 11.4. The van der Waals surface area contributed by atoms with Crippen LogP contribution in [-0.4, -0.2) is 23.8 Å². The predicted molar refractivity (Wildman–Crippen MR) is 97.5 cm³/mol. The van der Waals surface area contributed by atoms with E-state index in [9.17, 15) is 9.90 Å². The van der Waals surface area contributed by atoms with Crippen LogP contribution in [0.25, 0.3) is 0 Å². The van der Waals surface area contributed by atoms with Crippen LogP contribution in [0.5, 0.6) is 0 Å². The molecule has 0 aromatic carbocycles. The Morgan fingerprint density at radius 2 is 1.96 bits per heavy atom. The van der Waals surface area contributed by atoms with Gasteiger partial charge in [0.25, 0.3) is 0 Å². The van der Waals surface area contributed by atoms with Gasteiger partial charge in [-0.25, -0.2) is 4.79 Å². The van der Waals surface area contributed by atoms with E-state index in [1.165, 1.54) is 20.0 Å². The molecular formula is C21H34O3. The molecule has 1 saturated carbocycles. The van der Waals surface area contributed by atoms with Crippen LogP contribution < -0.4 is 0 Å². The van der Waals surface area contributed by atoms with Crippen LogP contribution in [0.3, 0.4) is 0 Å².